The van der Waals surface area contributed by atoms with Gasteiger partial charge in [0.15, 0.2) is 16.3 Å². The zero-order chi connectivity index (χ0) is 30.7. The molecule has 0 bridgehead atoms. The highest BCUT2D eigenvalue weighted by Gasteiger charge is 2.33. The van der Waals surface area contributed by atoms with Gasteiger partial charge in [0, 0.05) is 12.1 Å². The van der Waals surface area contributed by atoms with Crippen LogP contribution >= 0.6 is 33.9 Å². The van der Waals surface area contributed by atoms with E-state index in [4.69, 9.17) is 14.2 Å². The van der Waals surface area contributed by atoms with Crippen molar-refractivity contribution in [2.24, 2.45) is 4.99 Å². The number of halogens is 1. The molecule has 0 saturated carbocycles. The van der Waals surface area contributed by atoms with Gasteiger partial charge in [-0.3, -0.25) is 19.5 Å². The molecule has 0 radical (unpaired) electrons. The van der Waals surface area contributed by atoms with Crippen LogP contribution in [0.1, 0.15) is 36.6 Å². The first-order valence-electron chi connectivity index (χ1n) is 13.2. The van der Waals surface area contributed by atoms with Crippen molar-refractivity contribution in [2.75, 3.05) is 13.7 Å². The lowest BCUT2D eigenvalue weighted by atomic mass is 9.96. The maximum Gasteiger partial charge on any atom is 0.338 e. The molecule has 2 heterocycles. The molecule has 10 nitrogen and oxygen atoms in total. The molecule has 0 amide bonds. The summed E-state index contributed by atoms with van der Waals surface area (Å²) in [5.74, 6) is 0.493. The van der Waals surface area contributed by atoms with Gasteiger partial charge in [-0.1, -0.05) is 41.7 Å². The number of carbonyl (C=O) groups excluding carboxylic acids is 1. The van der Waals surface area contributed by atoms with Crippen LogP contribution in [0.3, 0.4) is 0 Å². The number of allylic oxidation sites excluding steroid dienone is 1. The fourth-order valence-corrected chi connectivity index (χ4v) is 6.57. The van der Waals surface area contributed by atoms with Gasteiger partial charge in [-0.05, 0) is 83.5 Å². The Labute approximate surface area is 263 Å². The Balaban J connectivity index is 1.54. The number of benzene rings is 3. The molecule has 1 aromatic heterocycles. The van der Waals surface area contributed by atoms with Gasteiger partial charge >= 0.3 is 5.97 Å². The van der Waals surface area contributed by atoms with Crippen molar-refractivity contribution in [1.29, 1.82) is 0 Å². The van der Waals surface area contributed by atoms with E-state index in [0.29, 0.717) is 38.7 Å². The molecule has 3 aromatic carbocycles. The molecule has 4 aromatic rings. The van der Waals surface area contributed by atoms with Gasteiger partial charge in [0.1, 0.15) is 6.61 Å². The minimum absolute atomic E-state index is 0.00902. The molecule has 1 aliphatic rings. The third-order valence-corrected chi connectivity index (χ3v) is 8.49. The van der Waals surface area contributed by atoms with Crippen LogP contribution in [0.25, 0.3) is 6.08 Å². The molecule has 12 heteroatoms. The van der Waals surface area contributed by atoms with Crippen molar-refractivity contribution in [3.63, 3.8) is 0 Å². The average Bonchev–Trinajstić information content (AvgIpc) is 3.30. The van der Waals surface area contributed by atoms with Gasteiger partial charge in [-0.15, -0.1) is 0 Å². The summed E-state index contributed by atoms with van der Waals surface area (Å²) < 4.78 is 19.8. The number of nitro groups is 1. The van der Waals surface area contributed by atoms with Crippen LogP contribution in [0.4, 0.5) is 5.69 Å². The molecular formula is C31H26IN3O7S. The van der Waals surface area contributed by atoms with E-state index in [2.05, 4.69) is 27.6 Å². The molecule has 43 heavy (non-hydrogen) atoms. The van der Waals surface area contributed by atoms with Gasteiger partial charge in [-0.25, -0.2) is 9.79 Å². The van der Waals surface area contributed by atoms with Crippen LogP contribution < -0.4 is 24.4 Å². The largest absolute Gasteiger partial charge is 0.490 e. The number of esters is 1. The average molecular weight is 712 g/mol. The summed E-state index contributed by atoms with van der Waals surface area (Å²) in [6, 6.07) is 18.5. The van der Waals surface area contributed by atoms with Gasteiger partial charge in [0.25, 0.3) is 11.2 Å². The molecule has 0 N–H and O–H groups in total. The number of aromatic nitrogens is 1. The second-order valence-electron chi connectivity index (χ2n) is 9.46. The Morgan fingerprint density at radius 2 is 1.86 bits per heavy atom. The van der Waals surface area contributed by atoms with Crippen LogP contribution in [0.2, 0.25) is 0 Å². The fourth-order valence-electron chi connectivity index (χ4n) is 4.74. The van der Waals surface area contributed by atoms with E-state index in [-0.39, 0.29) is 17.9 Å². The maximum absolute atomic E-state index is 13.9. The fraction of sp³-hybridized carbons (Fsp3) is 0.194. The summed E-state index contributed by atoms with van der Waals surface area (Å²) in [6.45, 7) is 4.18. The van der Waals surface area contributed by atoms with Crippen LogP contribution in [0, 0.1) is 13.7 Å². The van der Waals surface area contributed by atoms with E-state index >= 15 is 0 Å². The maximum atomic E-state index is 13.9. The zero-order valence-corrected chi connectivity index (χ0v) is 26.4. The summed E-state index contributed by atoms with van der Waals surface area (Å²) in [5.41, 5.74) is 2.80. The Hall–Kier alpha value is -4.30. The molecule has 0 saturated heterocycles. The van der Waals surface area contributed by atoms with E-state index in [0.717, 1.165) is 20.3 Å². The van der Waals surface area contributed by atoms with E-state index in [1.54, 1.807) is 35.8 Å². The summed E-state index contributed by atoms with van der Waals surface area (Å²) in [5, 5.41) is 11.0. The Bertz CT molecular complexity index is 1920. The van der Waals surface area contributed by atoms with E-state index in [1.807, 2.05) is 43.3 Å². The number of ether oxygens (including phenoxy) is 3. The molecule has 5 rings (SSSR count). The number of thiazole rings is 1. The molecule has 1 unspecified atom stereocenters. The molecule has 1 aliphatic heterocycles. The summed E-state index contributed by atoms with van der Waals surface area (Å²) >= 11 is 3.39. The lowest BCUT2D eigenvalue weighted by Gasteiger charge is -2.24. The van der Waals surface area contributed by atoms with E-state index in [1.165, 1.54) is 30.6 Å². The Morgan fingerprint density at radius 3 is 2.51 bits per heavy atom. The predicted molar refractivity (Wildman–Crippen MR) is 170 cm³/mol. The quantitative estimate of drug-likeness (QED) is 0.105. The van der Waals surface area contributed by atoms with Gasteiger partial charge in [0.2, 0.25) is 0 Å². The number of fused-ring (bicyclic) bond motifs is 1. The SMILES string of the molecule is CCOc1cc(C=c2sc3n(c2=O)C(c2ccccc2)C(C(=O)OC)=C(C)N=3)cc(I)c1OCc1ccc([N+](=O)[O-])cc1. The number of methoxy groups -OCH3 is 1. The minimum Gasteiger partial charge on any atom is -0.490 e. The first kappa shape index (κ1) is 30.2. The lowest BCUT2D eigenvalue weighted by molar-refractivity contribution is -0.384. The summed E-state index contributed by atoms with van der Waals surface area (Å²) in [4.78, 5) is 42.3. The Kier molecular flexibility index (Phi) is 9.06. The van der Waals surface area contributed by atoms with E-state index < -0.39 is 16.9 Å². The van der Waals surface area contributed by atoms with Crippen LogP contribution in [0.15, 0.2) is 87.8 Å². The van der Waals surface area contributed by atoms with Crippen molar-refractivity contribution in [2.45, 2.75) is 26.5 Å². The number of nitrogens with zero attached hydrogens (tertiary/aromatic N) is 3. The molecule has 0 spiro atoms. The second kappa shape index (κ2) is 12.9. The van der Waals surface area contributed by atoms with Crippen LogP contribution in [0.5, 0.6) is 11.5 Å². The van der Waals surface area contributed by atoms with E-state index in [9.17, 15) is 19.7 Å². The zero-order valence-electron chi connectivity index (χ0n) is 23.4. The Morgan fingerprint density at radius 1 is 1.14 bits per heavy atom. The highest BCUT2D eigenvalue weighted by Crippen LogP contribution is 2.35. The summed E-state index contributed by atoms with van der Waals surface area (Å²) in [7, 11) is 1.31. The van der Waals surface area contributed by atoms with Crippen LogP contribution in [-0.4, -0.2) is 29.2 Å². The highest BCUT2D eigenvalue weighted by atomic mass is 127. The lowest BCUT2D eigenvalue weighted by Crippen LogP contribution is -2.39. The molecule has 0 fully saturated rings. The standard InChI is InChI=1S/C31H26IN3O7S/c1-4-41-24-15-20(14-23(32)28(24)42-17-19-10-12-22(13-11-19)35(38)39)16-25-29(36)34-27(21-8-6-5-7-9-21)26(30(37)40-3)18(2)33-31(34)43-25/h5-16,27H,4,17H2,1-3H3. The second-order valence-corrected chi connectivity index (χ2v) is 11.6. The molecule has 1 atom stereocenters. The molecular weight excluding hydrogens is 685 g/mol. The number of rotatable bonds is 9. The highest BCUT2D eigenvalue weighted by molar-refractivity contribution is 14.1. The third-order valence-electron chi connectivity index (χ3n) is 6.70. The van der Waals surface area contributed by atoms with Crippen molar-refractivity contribution in [3.05, 3.63) is 128 Å². The van der Waals surface area contributed by atoms with Crippen molar-refractivity contribution >= 4 is 51.7 Å². The molecule has 0 aliphatic carbocycles. The summed E-state index contributed by atoms with van der Waals surface area (Å²) in [6.07, 6.45) is 1.77. The van der Waals surface area contributed by atoms with Crippen LogP contribution in [-0.2, 0) is 16.1 Å². The first-order valence-corrected chi connectivity index (χ1v) is 15.1. The number of hydrogen-bond donors (Lipinski definition) is 0. The smallest absolute Gasteiger partial charge is 0.338 e. The van der Waals surface area contributed by atoms with Gasteiger partial charge in [-0.2, -0.15) is 0 Å². The predicted octanol–water partition coefficient (Wildman–Crippen LogP) is 4.90. The van der Waals surface area contributed by atoms with Gasteiger partial charge in [0.05, 0.1) is 44.1 Å². The monoisotopic (exact) mass is 711 g/mol. The number of hydrogen-bond acceptors (Lipinski definition) is 9. The molecule has 220 valence electrons. The van der Waals surface area contributed by atoms with Gasteiger partial charge < -0.3 is 14.2 Å². The minimum atomic E-state index is -0.679. The first-order chi connectivity index (χ1) is 20.7. The number of nitro benzene ring substituents is 1. The topological polar surface area (TPSA) is 122 Å². The van der Waals surface area contributed by atoms with Crippen molar-refractivity contribution in [3.8, 4) is 11.5 Å². The third kappa shape index (κ3) is 6.25. The normalized spacial score (nSPS) is 14.6. The van der Waals surface area contributed by atoms with Crippen molar-refractivity contribution < 1.29 is 23.9 Å². The number of carbonyl (C=O) groups is 1. The number of non-ortho nitro benzene ring substituents is 1. The van der Waals surface area contributed by atoms with Crippen molar-refractivity contribution in [1.82, 2.24) is 4.57 Å².